The predicted molar refractivity (Wildman–Crippen MR) is 125 cm³/mol. The molecule has 1 aliphatic carbocycles. The first-order valence-corrected chi connectivity index (χ1v) is 11.8. The van der Waals surface area contributed by atoms with E-state index in [0.29, 0.717) is 5.92 Å². The van der Waals surface area contributed by atoms with Crippen LogP contribution in [0.15, 0.2) is 48.8 Å². The SMILES string of the molecule is COC1CN(c2nc3ccccc3cc2-c2ncccn2)CCC1CC1CCCCC1. The van der Waals surface area contributed by atoms with Crippen molar-refractivity contribution < 1.29 is 4.74 Å². The van der Waals surface area contributed by atoms with Gasteiger partial charge in [0.1, 0.15) is 5.82 Å². The highest BCUT2D eigenvalue weighted by Crippen LogP contribution is 2.37. The Morgan fingerprint density at radius 2 is 1.81 bits per heavy atom. The molecule has 1 saturated carbocycles. The van der Waals surface area contributed by atoms with Crippen molar-refractivity contribution in [2.75, 3.05) is 25.1 Å². The Labute approximate surface area is 184 Å². The second-order valence-corrected chi connectivity index (χ2v) is 9.13. The fraction of sp³-hybridized carbons (Fsp3) is 0.500. The van der Waals surface area contributed by atoms with E-state index in [-0.39, 0.29) is 6.10 Å². The maximum Gasteiger partial charge on any atom is 0.162 e. The molecule has 2 unspecified atom stereocenters. The molecule has 2 aromatic heterocycles. The van der Waals surface area contributed by atoms with Crippen LogP contribution in [0.4, 0.5) is 5.82 Å². The lowest BCUT2D eigenvalue weighted by Crippen LogP contribution is -2.46. The van der Waals surface area contributed by atoms with Gasteiger partial charge in [-0.15, -0.1) is 0 Å². The van der Waals surface area contributed by atoms with Gasteiger partial charge in [-0.2, -0.15) is 0 Å². The molecule has 0 bridgehead atoms. The highest BCUT2D eigenvalue weighted by atomic mass is 16.5. The van der Waals surface area contributed by atoms with Gasteiger partial charge in [-0.25, -0.2) is 15.0 Å². The van der Waals surface area contributed by atoms with Gasteiger partial charge in [-0.05, 0) is 42.9 Å². The van der Waals surface area contributed by atoms with Gasteiger partial charge in [0.25, 0.3) is 0 Å². The van der Waals surface area contributed by atoms with Gasteiger partial charge in [0, 0.05) is 38.0 Å². The number of pyridine rings is 1. The van der Waals surface area contributed by atoms with Crippen molar-refractivity contribution in [3.05, 3.63) is 48.8 Å². The first-order chi connectivity index (χ1) is 15.3. The van der Waals surface area contributed by atoms with Crippen molar-refractivity contribution in [1.82, 2.24) is 15.0 Å². The topological polar surface area (TPSA) is 51.1 Å². The number of nitrogens with zero attached hydrogens (tertiary/aromatic N) is 4. The third kappa shape index (κ3) is 4.42. The van der Waals surface area contributed by atoms with Crippen molar-refractivity contribution >= 4 is 16.7 Å². The smallest absolute Gasteiger partial charge is 0.162 e. The minimum Gasteiger partial charge on any atom is -0.379 e. The number of para-hydroxylation sites is 1. The molecule has 5 rings (SSSR count). The second kappa shape index (κ2) is 9.31. The van der Waals surface area contributed by atoms with Crippen LogP contribution in [0.5, 0.6) is 0 Å². The zero-order valence-electron chi connectivity index (χ0n) is 18.4. The quantitative estimate of drug-likeness (QED) is 0.549. The number of ether oxygens (including phenoxy) is 1. The fourth-order valence-corrected chi connectivity index (χ4v) is 5.49. The van der Waals surface area contributed by atoms with Gasteiger partial charge in [-0.3, -0.25) is 0 Å². The van der Waals surface area contributed by atoms with E-state index in [4.69, 9.17) is 9.72 Å². The number of hydrogen-bond donors (Lipinski definition) is 0. The summed E-state index contributed by atoms with van der Waals surface area (Å²) in [6.07, 6.45) is 13.3. The first kappa shape index (κ1) is 20.4. The van der Waals surface area contributed by atoms with Crippen LogP contribution in [-0.2, 0) is 4.74 Å². The molecule has 2 atom stereocenters. The number of piperidine rings is 1. The molecule has 31 heavy (non-hydrogen) atoms. The molecule has 5 nitrogen and oxygen atoms in total. The van der Waals surface area contributed by atoms with E-state index in [1.54, 1.807) is 12.4 Å². The minimum absolute atomic E-state index is 0.244. The Hall–Kier alpha value is -2.53. The van der Waals surface area contributed by atoms with Crippen molar-refractivity contribution in [2.24, 2.45) is 11.8 Å². The highest BCUT2D eigenvalue weighted by Gasteiger charge is 2.33. The summed E-state index contributed by atoms with van der Waals surface area (Å²) in [5.74, 6) is 3.23. The molecule has 5 heteroatoms. The predicted octanol–water partition coefficient (Wildman–Crippen LogP) is 5.50. The zero-order valence-corrected chi connectivity index (χ0v) is 18.4. The molecular weight excluding hydrogens is 384 g/mol. The minimum atomic E-state index is 0.244. The van der Waals surface area contributed by atoms with Gasteiger partial charge in [0.15, 0.2) is 5.82 Å². The lowest BCUT2D eigenvalue weighted by molar-refractivity contribution is 0.0292. The molecule has 0 spiro atoms. The first-order valence-electron chi connectivity index (χ1n) is 11.8. The lowest BCUT2D eigenvalue weighted by atomic mass is 9.78. The van der Waals surface area contributed by atoms with Gasteiger partial charge < -0.3 is 9.64 Å². The maximum atomic E-state index is 6.03. The molecule has 0 N–H and O–H groups in total. The molecule has 1 aliphatic heterocycles. The van der Waals surface area contributed by atoms with Gasteiger partial charge in [0.05, 0.1) is 17.2 Å². The van der Waals surface area contributed by atoms with Crippen LogP contribution in [0.3, 0.4) is 0 Å². The summed E-state index contributed by atoms with van der Waals surface area (Å²) in [6.45, 7) is 1.88. The average Bonchev–Trinajstić information content (AvgIpc) is 2.84. The van der Waals surface area contributed by atoms with Crippen molar-refractivity contribution in [2.45, 2.75) is 51.0 Å². The third-order valence-corrected chi connectivity index (χ3v) is 7.17. The fourth-order valence-electron chi connectivity index (χ4n) is 5.49. The molecule has 162 valence electrons. The van der Waals surface area contributed by atoms with Crippen LogP contribution in [-0.4, -0.2) is 41.3 Å². The molecule has 0 radical (unpaired) electrons. The highest BCUT2D eigenvalue weighted by molar-refractivity contribution is 5.88. The maximum absolute atomic E-state index is 6.03. The molecule has 0 amide bonds. The van der Waals surface area contributed by atoms with E-state index in [2.05, 4.69) is 39.1 Å². The third-order valence-electron chi connectivity index (χ3n) is 7.17. The summed E-state index contributed by atoms with van der Waals surface area (Å²) in [5.41, 5.74) is 2.01. The Morgan fingerprint density at radius 1 is 1.00 bits per heavy atom. The van der Waals surface area contributed by atoms with Crippen LogP contribution in [0.1, 0.15) is 44.9 Å². The van der Waals surface area contributed by atoms with E-state index in [1.807, 2.05) is 19.2 Å². The standard InChI is InChI=1S/C26H32N4O/c1-31-24-18-30(15-12-21(24)16-19-8-3-2-4-9-19)26-22(25-27-13-7-14-28-25)17-20-10-5-6-11-23(20)29-26/h5-7,10-11,13-14,17,19,21,24H,2-4,8-9,12,15-16,18H2,1H3. The number of aromatic nitrogens is 3. The largest absolute Gasteiger partial charge is 0.379 e. The monoisotopic (exact) mass is 416 g/mol. The van der Waals surface area contributed by atoms with E-state index in [0.717, 1.165) is 53.5 Å². The Bertz CT molecular complexity index is 1000. The van der Waals surface area contributed by atoms with Gasteiger partial charge in [-0.1, -0.05) is 50.3 Å². The van der Waals surface area contributed by atoms with Crippen LogP contribution < -0.4 is 4.90 Å². The van der Waals surface area contributed by atoms with E-state index in [9.17, 15) is 0 Å². The molecular formula is C26H32N4O. The van der Waals surface area contributed by atoms with Crippen molar-refractivity contribution in [3.8, 4) is 11.4 Å². The van der Waals surface area contributed by atoms with Crippen molar-refractivity contribution in [3.63, 3.8) is 0 Å². The summed E-state index contributed by atoms with van der Waals surface area (Å²) in [5, 5.41) is 1.11. The summed E-state index contributed by atoms with van der Waals surface area (Å²) >= 11 is 0. The molecule has 2 fully saturated rings. The number of methoxy groups -OCH3 is 1. The molecule has 1 saturated heterocycles. The summed E-state index contributed by atoms with van der Waals surface area (Å²) in [4.78, 5) is 16.5. The van der Waals surface area contributed by atoms with E-state index >= 15 is 0 Å². The number of benzene rings is 1. The number of anilines is 1. The van der Waals surface area contributed by atoms with Crippen LogP contribution >= 0.6 is 0 Å². The van der Waals surface area contributed by atoms with Crippen molar-refractivity contribution in [1.29, 1.82) is 0 Å². The molecule has 2 aliphatic rings. The van der Waals surface area contributed by atoms with Crippen LogP contribution in [0.2, 0.25) is 0 Å². The average molecular weight is 417 g/mol. The lowest BCUT2D eigenvalue weighted by Gasteiger charge is -2.40. The summed E-state index contributed by atoms with van der Waals surface area (Å²) < 4.78 is 6.03. The van der Waals surface area contributed by atoms with Crippen LogP contribution in [0.25, 0.3) is 22.3 Å². The summed E-state index contributed by atoms with van der Waals surface area (Å²) in [6, 6.07) is 12.3. The number of rotatable bonds is 5. The van der Waals surface area contributed by atoms with Crippen LogP contribution in [0, 0.1) is 11.8 Å². The Kier molecular flexibility index (Phi) is 6.12. The second-order valence-electron chi connectivity index (χ2n) is 9.13. The zero-order chi connectivity index (χ0) is 21.0. The number of hydrogen-bond acceptors (Lipinski definition) is 5. The molecule has 3 heterocycles. The molecule has 3 aromatic rings. The Balaban J connectivity index is 1.43. The molecule has 1 aromatic carbocycles. The summed E-state index contributed by atoms with van der Waals surface area (Å²) in [7, 11) is 1.87. The van der Waals surface area contributed by atoms with E-state index < -0.39 is 0 Å². The Morgan fingerprint density at radius 3 is 2.61 bits per heavy atom. The van der Waals surface area contributed by atoms with E-state index in [1.165, 1.54) is 38.5 Å². The normalized spacial score (nSPS) is 22.7. The van der Waals surface area contributed by atoms with Gasteiger partial charge >= 0.3 is 0 Å². The number of fused-ring (bicyclic) bond motifs is 1. The van der Waals surface area contributed by atoms with Gasteiger partial charge in [0.2, 0.25) is 0 Å².